The number of aromatic hydroxyl groups is 1. The van der Waals surface area contributed by atoms with E-state index in [4.69, 9.17) is 0 Å². The molecule has 1 nitrogen and oxygen atoms in total. The molecule has 1 aromatic carbocycles. The SMILES string of the molecule is CCCC[Si](C)(C)c1ccccc1O. The van der Waals surface area contributed by atoms with Gasteiger partial charge in [-0.25, -0.2) is 0 Å². The Morgan fingerprint density at radius 3 is 2.43 bits per heavy atom. The second-order valence-electron chi connectivity index (χ2n) is 4.50. The van der Waals surface area contributed by atoms with Gasteiger partial charge in [0.15, 0.2) is 0 Å². The molecule has 0 fully saturated rings. The van der Waals surface area contributed by atoms with Crippen molar-refractivity contribution >= 4 is 13.3 Å². The predicted octanol–water partition coefficient (Wildman–Crippen LogP) is 3.11. The third kappa shape index (κ3) is 2.61. The summed E-state index contributed by atoms with van der Waals surface area (Å²) in [4.78, 5) is 0. The Morgan fingerprint density at radius 2 is 1.86 bits per heavy atom. The van der Waals surface area contributed by atoms with Gasteiger partial charge in [0.2, 0.25) is 0 Å². The zero-order valence-corrected chi connectivity index (χ0v) is 10.4. The molecule has 1 aromatic rings. The molecule has 0 saturated carbocycles. The van der Waals surface area contributed by atoms with Crippen LogP contribution in [0.2, 0.25) is 19.1 Å². The molecule has 0 heterocycles. The summed E-state index contributed by atoms with van der Waals surface area (Å²) in [6.07, 6.45) is 2.51. The molecule has 2 heteroatoms. The predicted molar refractivity (Wildman–Crippen MR) is 64.9 cm³/mol. The minimum absolute atomic E-state index is 0.486. The van der Waals surface area contributed by atoms with Crippen LogP contribution in [0.15, 0.2) is 24.3 Å². The zero-order valence-electron chi connectivity index (χ0n) is 9.38. The van der Waals surface area contributed by atoms with Crippen molar-refractivity contribution in [2.45, 2.75) is 38.9 Å². The highest BCUT2D eigenvalue weighted by molar-refractivity contribution is 6.90. The van der Waals surface area contributed by atoms with Crippen LogP contribution >= 0.6 is 0 Å². The van der Waals surface area contributed by atoms with Gasteiger partial charge in [0.05, 0.1) is 8.07 Å². The first-order valence-corrected chi connectivity index (χ1v) is 8.57. The first kappa shape index (κ1) is 11.3. The Labute approximate surface area is 87.8 Å². The van der Waals surface area contributed by atoms with Crippen LogP contribution in [0.1, 0.15) is 19.8 Å². The fourth-order valence-corrected chi connectivity index (χ4v) is 4.63. The topological polar surface area (TPSA) is 20.2 Å². The number of hydrogen-bond acceptors (Lipinski definition) is 1. The minimum atomic E-state index is -1.39. The maximum Gasteiger partial charge on any atom is 0.114 e. The highest BCUT2D eigenvalue weighted by atomic mass is 28.3. The normalized spacial score (nSPS) is 11.6. The number of phenolic OH excluding ortho intramolecular Hbond substituents is 1. The van der Waals surface area contributed by atoms with Crippen molar-refractivity contribution in [3.8, 4) is 5.75 Å². The molecule has 0 bridgehead atoms. The number of unbranched alkanes of at least 4 members (excludes halogenated alkanes) is 1. The van der Waals surface area contributed by atoms with Gasteiger partial charge in [-0.1, -0.05) is 57.1 Å². The lowest BCUT2D eigenvalue weighted by molar-refractivity contribution is 0.479. The number of para-hydroxylation sites is 1. The Kier molecular flexibility index (Phi) is 3.75. The standard InChI is InChI=1S/C12H20OSi/c1-4-5-10-14(2,3)12-9-7-6-8-11(12)13/h6-9,13H,4-5,10H2,1-3H3. The highest BCUT2D eigenvalue weighted by Gasteiger charge is 2.24. The number of hydrogen-bond donors (Lipinski definition) is 1. The van der Waals surface area contributed by atoms with Gasteiger partial charge in [-0.05, 0) is 11.3 Å². The van der Waals surface area contributed by atoms with Crippen molar-refractivity contribution in [2.24, 2.45) is 0 Å². The maximum atomic E-state index is 9.78. The summed E-state index contributed by atoms with van der Waals surface area (Å²) < 4.78 is 0. The van der Waals surface area contributed by atoms with Gasteiger partial charge in [-0.2, -0.15) is 0 Å². The van der Waals surface area contributed by atoms with Crippen LogP contribution in [0.3, 0.4) is 0 Å². The largest absolute Gasteiger partial charge is 0.508 e. The Morgan fingerprint density at radius 1 is 1.21 bits per heavy atom. The number of rotatable bonds is 4. The molecule has 0 saturated heterocycles. The Balaban J connectivity index is 2.86. The third-order valence-electron chi connectivity index (χ3n) is 2.79. The molecule has 0 radical (unpaired) electrons. The second-order valence-corrected chi connectivity index (χ2v) is 9.31. The van der Waals surface area contributed by atoms with E-state index in [9.17, 15) is 5.11 Å². The van der Waals surface area contributed by atoms with Gasteiger partial charge < -0.3 is 5.11 Å². The lowest BCUT2D eigenvalue weighted by atomic mass is 10.3. The molecule has 14 heavy (non-hydrogen) atoms. The van der Waals surface area contributed by atoms with Gasteiger partial charge in [0, 0.05) is 0 Å². The minimum Gasteiger partial charge on any atom is -0.508 e. The smallest absolute Gasteiger partial charge is 0.114 e. The van der Waals surface area contributed by atoms with E-state index in [1.54, 1.807) is 6.07 Å². The van der Waals surface area contributed by atoms with Crippen LogP contribution in [0, 0.1) is 0 Å². The molecule has 0 aromatic heterocycles. The van der Waals surface area contributed by atoms with Gasteiger partial charge >= 0.3 is 0 Å². The fraction of sp³-hybridized carbons (Fsp3) is 0.500. The van der Waals surface area contributed by atoms with Crippen LogP contribution in [0.25, 0.3) is 0 Å². The molecule has 0 aliphatic heterocycles. The van der Waals surface area contributed by atoms with Crippen molar-refractivity contribution < 1.29 is 5.11 Å². The Bertz CT molecular complexity index is 294. The molecule has 0 atom stereocenters. The molecule has 0 spiro atoms. The van der Waals surface area contributed by atoms with Crippen LogP contribution in [0.4, 0.5) is 0 Å². The van der Waals surface area contributed by atoms with Gasteiger partial charge in [0.1, 0.15) is 5.75 Å². The van der Waals surface area contributed by atoms with E-state index < -0.39 is 8.07 Å². The molecule has 0 unspecified atom stereocenters. The average molecular weight is 208 g/mol. The van der Waals surface area contributed by atoms with Crippen molar-refractivity contribution in [3.63, 3.8) is 0 Å². The van der Waals surface area contributed by atoms with Crippen LogP contribution in [0.5, 0.6) is 5.75 Å². The quantitative estimate of drug-likeness (QED) is 0.754. The maximum absolute atomic E-state index is 9.78. The van der Waals surface area contributed by atoms with E-state index in [0.29, 0.717) is 5.75 Å². The number of phenols is 1. The monoisotopic (exact) mass is 208 g/mol. The molecule has 0 amide bonds. The van der Waals surface area contributed by atoms with Crippen molar-refractivity contribution in [1.29, 1.82) is 0 Å². The molecule has 0 aliphatic rings. The van der Waals surface area contributed by atoms with E-state index in [-0.39, 0.29) is 0 Å². The van der Waals surface area contributed by atoms with E-state index in [1.165, 1.54) is 24.1 Å². The van der Waals surface area contributed by atoms with Crippen molar-refractivity contribution in [1.82, 2.24) is 0 Å². The van der Waals surface area contributed by atoms with E-state index >= 15 is 0 Å². The van der Waals surface area contributed by atoms with Crippen LogP contribution in [-0.2, 0) is 0 Å². The summed E-state index contributed by atoms with van der Waals surface area (Å²) in [6, 6.07) is 9.06. The molecule has 1 rings (SSSR count). The summed E-state index contributed by atoms with van der Waals surface area (Å²) in [6.45, 7) is 6.88. The van der Waals surface area contributed by atoms with Gasteiger partial charge in [-0.15, -0.1) is 0 Å². The van der Waals surface area contributed by atoms with Gasteiger partial charge in [0.25, 0.3) is 0 Å². The molecule has 78 valence electrons. The zero-order chi connectivity index (χ0) is 10.6. The van der Waals surface area contributed by atoms with E-state index in [2.05, 4.69) is 26.1 Å². The molecular formula is C12H20OSi. The first-order valence-electron chi connectivity index (χ1n) is 5.36. The average Bonchev–Trinajstić information content (AvgIpc) is 2.15. The van der Waals surface area contributed by atoms with E-state index in [0.717, 1.165) is 0 Å². The van der Waals surface area contributed by atoms with E-state index in [1.807, 2.05) is 12.1 Å². The first-order chi connectivity index (χ1) is 6.58. The Hall–Kier alpha value is -0.763. The molecule has 1 N–H and O–H groups in total. The lowest BCUT2D eigenvalue weighted by Gasteiger charge is -2.23. The van der Waals surface area contributed by atoms with Crippen molar-refractivity contribution in [3.05, 3.63) is 24.3 Å². The summed E-state index contributed by atoms with van der Waals surface area (Å²) in [5.41, 5.74) is 0. The molecular weight excluding hydrogens is 188 g/mol. The summed E-state index contributed by atoms with van der Waals surface area (Å²) in [5.74, 6) is 0.486. The third-order valence-corrected chi connectivity index (χ3v) is 6.27. The second kappa shape index (κ2) is 4.65. The summed E-state index contributed by atoms with van der Waals surface area (Å²) in [7, 11) is -1.39. The van der Waals surface area contributed by atoms with Crippen LogP contribution < -0.4 is 5.19 Å². The number of benzene rings is 1. The fourth-order valence-electron chi connectivity index (χ4n) is 1.80. The lowest BCUT2D eigenvalue weighted by Crippen LogP contribution is -2.41. The molecule has 0 aliphatic carbocycles. The summed E-state index contributed by atoms with van der Waals surface area (Å²) >= 11 is 0. The summed E-state index contributed by atoms with van der Waals surface area (Å²) in [5, 5.41) is 11.0. The van der Waals surface area contributed by atoms with Crippen LogP contribution in [-0.4, -0.2) is 13.2 Å². The van der Waals surface area contributed by atoms with Gasteiger partial charge in [-0.3, -0.25) is 0 Å². The van der Waals surface area contributed by atoms with Crippen molar-refractivity contribution in [2.75, 3.05) is 0 Å². The highest BCUT2D eigenvalue weighted by Crippen LogP contribution is 2.18.